The van der Waals surface area contributed by atoms with Crippen LogP contribution in [0.1, 0.15) is 26.7 Å². The second kappa shape index (κ2) is 4.86. The Hall–Kier alpha value is -1.75. The summed E-state index contributed by atoms with van der Waals surface area (Å²) < 4.78 is 5.64. The summed E-state index contributed by atoms with van der Waals surface area (Å²) in [5.41, 5.74) is 0.752. The Bertz CT molecular complexity index is 475. The van der Waals surface area contributed by atoms with E-state index < -0.39 is 6.23 Å². The van der Waals surface area contributed by atoms with Crippen molar-refractivity contribution in [3.63, 3.8) is 0 Å². The fourth-order valence-corrected chi connectivity index (χ4v) is 2.19. The predicted molar refractivity (Wildman–Crippen MR) is 63.6 cm³/mol. The first-order valence-corrected chi connectivity index (χ1v) is 5.95. The van der Waals surface area contributed by atoms with Crippen LogP contribution >= 0.6 is 0 Å². The third-order valence-electron chi connectivity index (χ3n) is 3.09. The van der Waals surface area contributed by atoms with Crippen molar-refractivity contribution in [3.05, 3.63) is 23.3 Å². The van der Waals surface area contributed by atoms with E-state index in [1.807, 2.05) is 6.92 Å². The molecule has 0 fully saturated rings. The minimum Gasteiger partial charge on any atom is -0.350 e. The number of hydrogen-bond donors (Lipinski definition) is 1. The van der Waals surface area contributed by atoms with E-state index in [1.54, 1.807) is 0 Å². The molecule has 1 N–H and O–H groups in total. The van der Waals surface area contributed by atoms with Crippen LogP contribution < -0.4 is 5.32 Å². The highest BCUT2D eigenvalue weighted by Crippen LogP contribution is 2.30. The molecular formula is C13H15NO4. The van der Waals surface area contributed by atoms with Gasteiger partial charge in [-0.3, -0.25) is 14.4 Å². The average Bonchev–Trinajstić information content (AvgIpc) is 2.32. The standard InChI is InChI=1S/C13H15NO4/c1-3-8-6-9-10(16)4-5-11(17)12(9)13(18-8)14-7(2)15/h4-5,8,13H,3,6H2,1-2H3,(H,14,15)/t8-,13+/m1/s1. The zero-order valence-electron chi connectivity index (χ0n) is 10.4. The topological polar surface area (TPSA) is 72.5 Å². The van der Waals surface area contributed by atoms with E-state index in [4.69, 9.17) is 4.74 Å². The van der Waals surface area contributed by atoms with Gasteiger partial charge in [0.15, 0.2) is 17.8 Å². The molecule has 0 aromatic heterocycles. The molecule has 0 saturated carbocycles. The summed E-state index contributed by atoms with van der Waals surface area (Å²) in [6.07, 6.45) is 2.70. The van der Waals surface area contributed by atoms with Gasteiger partial charge in [0.1, 0.15) is 0 Å². The van der Waals surface area contributed by atoms with Crippen LogP contribution in [0.3, 0.4) is 0 Å². The van der Waals surface area contributed by atoms with Crippen LogP contribution in [0.5, 0.6) is 0 Å². The number of hydrogen-bond acceptors (Lipinski definition) is 4. The molecule has 2 rings (SSSR count). The third kappa shape index (κ3) is 2.26. The molecule has 0 radical (unpaired) electrons. The molecule has 0 unspecified atom stereocenters. The smallest absolute Gasteiger partial charge is 0.219 e. The minimum absolute atomic E-state index is 0.149. The van der Waals surface area contributed by atoms with Gasteiger partial charge in [-0.2, -0.15) is 0 Å². The lowest BCUT2D eigenvalue weighted by Gasteiger charge is -2.33. The van der Waals surface area contributed by atoms with E-state index >= 15 is 0 Å². The van der Waals surface area contributed by atoms with Gasteiger partial charge in [-0.1, -0.05) is 6.92 Å². The summed E-state index contributed by atoms with van der Waals surface area (Å²) in [6, 6.07) is 0. The first kappa shape index (κ1) is 12.7. The highest BCUT2D eigenvalue weighted by atomic mass is 16.5. The number of carbonyl (C=O) groups is 3. The Labute approximate surface area is 105 Å². The van der Waals surface area contributed by atoms with Gasteiger partial charge in [-0.25, -0.2) is 0 Å². The number of nitrogens with one attached hydrogen (secondary N) is 1. The quantitative estimate of drug-likeness (QED) is 0.729. The summed E-state index contributed by atoms with van der Waals surface area (Å²) in [6.45, 7) is 3.29. The van der Waals surface area contributed by atoms with Crippen molar-refractivity contribution in [2.75, 3.05) is 0 Å². The van der Waals surface area contributed by atoms with Crippen molar-refractivity contribution >= 4 is 17.5 Å². The first-order valence-electron chi connectivity index (χ1n) is 5.95. The van der Waals surface area contributed by atoms with Crippen LogP contribution in [0.25, 0.3) is 0 Å². The predicted octanol–water partition coefficient (Wildman–Crippen LogP) is 0.652. The van der Waals surface area contributed by atoms with Crippen LogP contribution in [0, 0.1) is 0 Å². The van der Waals surface area contributed by atoms with Gasteiger partial charge >= 0.3 is 0 Å². The van der Waals surface area contributed by atoms with E-state index in [9.17, 15) is 14.4 Å². The zero-order chi connectivity index (χ0) is 13.3. The zero-order valence-corrected chi connectivity index (χ0v) is 10.4. The monoisotopic (exact) mass is 249 g/mol. The Morgan fingerprint density at radius 1 is 1.39 bits per heavy atom. The normalized spacial score (nSPS) is 27.2. The molecule has 0 bridgehead atoms. The Balaban J connectivity index is 2.38. The number of allylic oxidation sites excluding steroid dienone is 2. The van der Waals surface area contributed by atoms with E-state index in [2.05, 4.69) is 5.32 Å². The number of carbonyl (C=O) groups excluding carboxylic acids is 3. The van der Waals surface area contributed by atoms with Crippen LogP contribution in [0.4, 0.5) is 0 Å². The summed E-state index contributed by atoms with van der Waals surface area (Å²) in [4.78, 5) is 34.8. The van der Waals surface area contributed by atoms with E-state index in [0.717, 1.165) is 6.42 Å². The van der Waals surface area contributed by atoms with Crippen molar-refractivity contribution in [1.29, 1.82) is 0 Å². The number of ketones is 2. The molecule has 0 aromatic rings. The fraction of sp³-hybridized carbons (Fsp3) is 0.462. The lowest BCUT2D eigenvalue weighted by molar-refractivity contribution is -0.127. The molecule has 0 aromatic carbocycles. The van der Waals surface area contributed by atoms with Gasteiger partial charge in [-0.15, -0.1) is 0 Å². The van der Waals surface area contributed by atoms with Gasteiger partial charge in [0.05, 0.1) is 11.7 Å². The third-order valence-corrected chi connectivity index (χ3v) is 3.09. The van der Waals surface area contributed by atoms with Crippen molar-refractivity contribution < 1.29 is 19.1 Å². The molecule has 0 spiro atoms. The van der Waals surface area contributed by atoms with Crippen LogP contribution in [0.15, 0.2) is 23.3 Å². The molecule has 5 nitrogen and oxygen atoms in total. The van der Waals surface area contributed by atoms with Crippen molar-refractivity contribution in [3.8, 4) is 0 Å². The molecule has 5 heteroatoms. The number of amides is 1. The maximum absolute atomic E-state index is 11.8. The second-order valence-corrected chi connectivity index (χ2v) is 4.41. The SMILES string of the molecule is CC[C@@H]1CC2=C(C(=O)C=CC2=O)[C@@H](NC(C)=O)O1. The van der Waals surface area contributed by atoms with E-state index in [-0.39, 0.29) is 29.2 Å². The van der Waals surface area contributed by atoms with Crippen molar-refractivity contribution in [2.24, 2.45) is 0 Å². The van der Waals surface area contributed by atoms with Crippen LogP contribution in [0.2, 0.25) is 0 Å². The van der Waals surface area contributed by atoms with Crippen molar-refractivity contribution in [1.82, 2.24) is 5.32 Å². The van der Waals surface area contributed by atoms with Gasteiger partial charge in [0.2, 0.25) is 5.91 Å². The molecule has 18 heavy (non-hydrogen) atoms. The lowest BCUT2D eigenvalue weighted by atomic mass is 9.87. The highest BCUT2D eigenvalue weighted by molar-refractivity contribution is 6.20. The van der Waals surface area contributed by atoms with E-state index in [0.29, 0.717) is 12.0 Å². The Morgan fingerprint density at radius 2 is 2.06 bits per heavy atom. The maximum atomic E-state index is 11.8. The summed E-state index contributed by atoms with van der Waals surface area (Å²) in [7, 11) is 0. The minimum atomic E-state index is -0.808. The molecular weight excluding hydrogens is 234 g/mol. The average molecular weight is 249 g/mol. The summed E-state index contributed by atoms with van der Waals surface area (Å²) in [5, 5.41) is 2.57. The molecule has 1 aliphatic heterocycles. The fourth-order valence-electron chi connectivity index (χ4n) is 2.19. The van der Waals surface area contributed by atoms with Crippen LogP contribution in [-0.2, 0) is 19.1 Å². The lowest BCUT2D eigenvalue weighted by Crippen LogP contribution is -2.46. The number of ether oxygens (including phenoxy) is 1. The molecule has 1 amide bonds. The van der Waals surface area contributed by atoms with Crippen LogP contribution in [-0.4, -0.2) is 29.8 Å². The second-order valence-electron chi connectivity index (χ2n) is 4.41. The molecule has 1 aliphatic carbocycles. The first-order chi connectivity index (χ1) is 8.52. The molecule has 2 atom stereocenters. The molecule has 2 aliphatic rings. The van der Waals surface area contributed by atoms with Gasteiger partial charge in [0.25, 0.3) is 0 Å². The summed E-state index contributed by atoms with van der Waals surface area (Å²) >= 11 is 0. The summed E-state index contributed by atoms with van der Waals surface area (Å²) in [5.74, 6) is -0.724. The Kier molecular flexibility index (Phi) is 3.43. The largest absolute Gasteiger partial charge is 0.350 e. The molecule has 1 heterocycles. The molecule has 0 saturated heterocycles. The van der Waals surface area contributed by atoms with Crippen molar-refractivity contribution in [2.45, 2.75) is 39.0 Å². The van der Waals surface area contributed by atoms with E-state index in [1.165, 1.54) is 19.1 Å². The van der Waals surface area contributed by atoms with Gasteiger partial charge < -0.3 is 10.1 Å². The molecule has 96 valence electrons. The number of rotatable bonds is 2. The maximum Gasteiger partial charge on any atom is 0.219 e. The highest BCUT2D eigenvalue weighted by Gasteiger charge is 2.36. The van der Waals surface area contributed by atoms with Gasteiger partial charge in [-0.05, 0) is 18.6 Å². The Morgan fingerprint density at radius 3 is 2.67 bits per heavy atom. The van der Waals surface area contributed by atoms with Gasteiger partial charge in [0, 0.05) is 18.9 Å².